The summed E-state index contributed by atoms with van der Waals surface area (Å²) < 4.78 is 0. The number of benzene rings is 1. The van der Waals surface area contributed by atoms with Crippen LogP contribution in [-0.2, 0) is 4.79 Å². The highest BCUT2D eigenvalue weighted by molar-refractivity contribution is 5.71. The molecule has 0 aliphatic carbocycles. The maximum Gasteiger partial charge on any atom is 0.211 e. The standard InChI is InChI=1S/C10H13NO4/c12-5-9(14)10(15)7-1-3-8(4-2-7)11-6-13/h1-4,6,9-10,12,14-15H,5H2,(H,11,13). The van der Waals surface area contributed by atoms with Crippen LogP contribution in [0.1, 0.15) is 11.7 Å². The van der Waals surface area contributed by atoms with E-state index in [2.05, 4.69) is 5.32 Å². The number of rotatable bonds is 5. The smallest absolute Gasteiger partial charge is 0.211 e. The van der Waals surface area contributed by atoms with E-state index in [9.17, 15) is 15.0 Å². The molecule has 2 atom stereocenters. The van der Waals surface area contributed by atoms with Crippen LogP contribution in [0, 0.1) is 0 Å². The normalized spacial score (nSPS) is 14.3. The Kier molecular flexibility index (Phi) is 4.23. The molecule has 82 valence electrons. The van der Waals surface area contributed by atoms with E-state index in [1.165, 1.54) is 0 Å². The Bertz CT molecular complexity index is 312. The molecule has 0 radical (unpaired) electrons. The van der Waals surface area contributed by atoms with Crippen LogP contribution in [0.3, 0.4) is 0 Å². The van der Waals surface area contributed by atoms with Crippen LogP contribution < -0.4 is 5.32 Å². The zero-order valence-electron chi connectivity index (χ0n) is 8.00. The molecule has 1 amide bonds. The number of nitrogens with one attached hydrogen (secondary N) is 1. The van der Waals surface area contributed by atoms with Crippen LogP contribution in [0.15, 0.2) is 24.3 Å². The van der Waals surface area contributed by atoms with Crippen molar-refractivity contribution in [3.05, 3.63) is 29.8 Å². The van der Waals surface area contributed by atoms with Gasteiger partial charge in [-0.05, 0) is 17.7 Å². The minimum absolute atomic E-state index is 0.480. The van der Waals surface area contributed by atoms with Gasteiger partial charge in [-0.3, -0.25) is 4.79 Å². The van der Waals surface area contributed by atoms with Crippen molar-refractivity contribution in [2.24, 2.45) is 0 Å². The molecule has 1 aromatic carbocycles. The Morgan fingerprint density at radius 3 is 2.33 bits per heavy atom. The molecule has 0 bridgehead atoms. The molecule has 0 aromatic heterocycles. The van der Waals surface area contributed by atoms with E-state index in [1.807, 2.05) is 0 Å². The van der Waals surface area contributed by atoms with Gasteiger partial charge in [-0.15, -0.1) is 0 Å². The van der Waals surface area contributed by atoms with Crippen LogP contribution in [-0.4, -0.2) is 34.4 Å². The van der Waals surface area contributed by atoms with Crippen LogP contribution in [0.25, 0.3) is 0 Å². The van der Waals surface area contributed by atoms with Crippen LogP contribution in [0.4, 0.5) is 5.69 Å². The molecule has 4 N–H and O–H groups in total. The summed E-state index contributed by atoms with van der Waals surface area (Å²) >= 11 is 0. The maximum absolute atomic E-state index is 10.1. The van der Waals surface area contributed by atoms with Crippen LogP contribution >= 0.6 is 0 Å². The Morgan fingerprint density at radius 1 is 1.27 bits per heavy atom. The van der Waals surface area contributed by atoms with E-state index in [-0.39, 0.29) is 0 Å². The van der Waals surface area contributed by atoms with Gasteiger partial charge in [0.25, 0.3) is 0 Å². The number of carbonyl (C=O) groups is 1. The molecular weight excluding hydrogens is 198 g/mol. The van der Waals surface area contributed by atoms with Gasteiger partial charge in [0.15, 0.2) is 0 Å². The van der Waals surface area contributed by atoms with Crippen molar-refractivity contribution in [3.63, 3.8) is 0 Å². The summed E-state index contributed by atoms with van der Waals surface area (Å²) in [5.41, 5.74) is 1.08. The summed E-state index contributed by atoms with van der Waals surface area (Å²) in [5, 5.41) is 29.8. The largest absolute Gasteiger partial charge is 0.394 e. The summed E-state index contributed by atoms with van der Waals surface area (Å²) in [7, 11) is 0. The summed E-state index contributed by atoms with van der Waals surface area (Å²) in [5.74, 6) is 0. The maximum atomic E-state index is 10.1. The summed E-state index contributed by atoms with van der Waals surface area (Å²) in [6.07, 6.45) is -1.77. The Labute approximate surface area is 87.0 Å². The molecule has 15 heavy (non-hydrogen) atoms. The van der Waals surface area contributed by atoms with Gasteiger partial charge in [0.05, 0.1) is 6.61 Å². The topological polar surface area (TPSA) is 89.8 Å². The fourth-order valence-corrected chi connectivity index (χ4v) is 1.17. The molecule has 0 spiro atoms. The van der Waals surface area contributed by atoms with E-state index in [0.717, 1.165) is 0 Å². The Hall–Kier alpha value is -1.43. The Morgan fingerprint density at radius 2 is 1.87 bits per heavy atom. The predicted molar refractivity (Wildman–Crippen MR) is 54.2 cm³/mol. The Balaban J connectivity index is 2.74. The molecular formula is C10H13NO4. The number of hydrogen-bond acceptors (Lipinski definition) is 4. The van der Waals surface area contributed by atoms with Crippen molar-refractivity contribution in [1.29, 1.82) is 0 Å². The average molecular weight is 211 g/mol. The minimum Gasteiger partial charge on any atom is -0.394 e. The second-order valence-electron chi connectivity index (χ2n) is 3.08. The van der Waals surface area contributed by atoms with E-state index in [4.69, 9.17) is 5.11 Å². The van der Waals surface area contributed by atoms with Gasteiger partial charge in [0.1, 0.15) is 12.2 Å². The zero-order valence-corrected chi connectivity index (χ0v) is 8.00. The van der Waals surface area contributed by atoms with Crippen molar-refractivity contribution >= 4 is 12.1 Å². The lowest BCUT2D eigenvalue weighted by molar-refractivity contribution is -0.105. The molecule has 0 aliphatic heterocycles. The summed E-state index contributed by atoms with van der Waals surface area (Å²) in [6, 6.07) is 6.32. The third-order valence-corrected chi connectivity index (χ3v) is 2.03. The van der Waals surface area contributed by atoms with Crippen molar-refractivity contribution < 1.29 is 20.1 Å². The van der Waals surface area contributed by atoms with Gasteiger partial charge in [-0.25, -0.2) is 0 Å². The van der Waals surface area contributed by atoms with E-state index >= 15 is 0 Å². The number of amides is 1. The molecule has 0 fully saturated rings. The van der Waals surface area contributed by atoms with Gasteiger partial charge in [0, 0.05) is 5.69 Å². The van der Waals surface area contributed by atoms with E-state index in [1.54, 1.807) is 24.3 Å². The van der Waals surface area contributed by atoms with Gasteiger partial charge >= 0.3 is 0 Å². The minimum atomic E-state index is -1.20. The highest BCUT2D eigenvalue weighted by Crippen LogP contribution is 2.18. The highest BCUT2D eigenvalue weighted by atomic mass is 16.4. The van der Waals surface area contributed by atoms with E-state index in [0.29, 0.717) is 17.7 Å². The highest BCUT2D eigenvalue weighted by Gasteiger charge is 2.16. The van der Waals surface area contributed by atoms with Crippen molar-refractivity contribution in [2.45, 2.75) is 12.2 Å². The monoisotopic (exact) mass is 211 g/mol. The fourth-order valence-electron chi connectivity index (χ4n) is 1.17. The third-order valence-electron chi connectivity index (χ3n) is 2.03. The number of carbonyl (C=O) groups excluding carboxylic acids is 1. The predicted octanol–water partition coefficient (Wildman–Crippen LogP) is -0.359. The number of anilines is 1. The van der Waals surface area contributed by atoms with Gasteiger partial charge in [0.2, 0.25) is 6.41 Å². The van der Waals surface area contributed by atoms with Crippen molar-refractivity contribution in [2.75, 3.05) is 11.9 Å². The molecule has 5 heteroatoms. The van der Waals surface area contributed by atoms with Gasteiger partial charge < -0.3 is 20.6 Å². The first-order valence-electron chi connectivity index (χ1n) is 4.46. The fraction of sp³-hybridized carbons (Fsp3) is 0.300. The summed E-state index contributed by atoms with van der Waals surface area (Å²) in [6.45, 7) is -0.504. The summed E-state index contributed by atoms with van der Waals surface area (Å²) in [4.78, 5) is 10.1. The van der Waals surface area contributed by atoms with E-state index < -0.39 is 18.8 Å². The average Bonchev–Trinajstić information content (AvgIpc) is 2.28. The lowest BCUT2D eigenvalue weighted by atomic mass is 10.0. The number of aliphatic hydroxyl groups is 3. The first kappa shape index (κ1) is 11.6. The first-order chi connectivity index (χ1) is 7.19. The quantitative estimate of drug-likeness (QED) is 0.501. The zero-order chi connectivity index (χ0) is 11.3. The van der Waals surface area contributed by atoms with Crippen molar-refractivity contribution in [3.8, 4) is 0 Å². The van der Waals surface area contributed by atoms with Crippen LogP contribution in [0.2, 0.25) is 0 Å². The molecule has 1 rings (SSSR count). The molecule has 1 aromatic rings. The number of aliphatic hydroxyl groups excluding tert-OH is 3. The van der Waals surface area contributed by atoms with Crippen molar-refractivity contribution in [1.82, 2.24) is 0 Å². The second-order valence-corrected chi connectivity index (χ2v) is 3.08. The molecule has 0 heterocycles. The lowest BCUT2D eigenvalue weighted by Gasteiger charge is -2.15. The second kappa shape index (κ2) is 5.45. The lowest BCUT2D eigenvalue weighted by Crippen LogP contribution is -2.21. The first-order valence-corrected chi connectivity index (χ1v) is 4.46. The third kappa shape index (κ3) is 3.02. The van der Waals surface area contributed by atoms with Crippen LogP contribution in [0.5, 0.6) is 0 Å². The van der Waals surface area contributed by atoms with Gasteiger partial charge in [-0.1, -0.05) is 12.1 Å². The van der Waals surface area contributed by atoms with Gasteiger partial charge in [-0.2, -0.15) is 0 Å². The molecule has 2 unspecified atom stereocenters. The molecule has 5 nitrogen and oxygen atoms in total. The number of hydrogen-bond donors (Lipinski definition) is 4. The molecule has 0 saturated heterocycles. The molecule has 0 aliphatic rings. The molecule has 0 saturated carbocycles. The SMILES string of the molecule is O=CNc1ccc(C(O)C(O)CO)cc1.